The molecule has 4 aliphatic heterocycles. The molecule has 4 atom stereocenters. The van der Waals surface area contributed by atoms with Crippen molar-refractivity contribution < 1.29 is 58.6 Å². The number of pyridine rings is 2. The van der Waals surface area contributed by atoms with Crippen LogP contribution in [0.2, 0.25) is 0 Å². The first-order valence-corrected chi connectivity index (χ1v) is 20.8. The van der Waals surface area contributed by atoms with Crippen LogP contribution in [-0.4, -0.2) is 67.7 Å². The fraction of sp³-hybridized carbons (Fsp3) is 0.333. The Bertz CT molecular complexity index is 2410. The van der Waals surface area contributed by atoms with Crippen LogP contribution in [-0.2, 0) is 23.9 Å². The van der Waals surface area contributed by atoms with Crippen LogP contribution in [0.3, 0.4) is 0 Å². The first kappa shape index (κ1) is 46.1. The molecule has 8 rings (SSSR count). The summed E-state index contributed by atoms with van der Waals surface area (Å²) in [5, 5.41) is 11.5. The number of hydrogen-bond acceptors (Lipinski definition) is 8. The zero-order chi connectivity index (χ0) is 43.8. The number of allylic oxidation sites excluding steroid dienone is 6. The fourth-order valence-corrected chi connectivity index (χ4v) is 9.38. The van der Waals surface area contributed by atoms with Crippen molar-refractivity contribution in [1.82, 2.24) is 19.8 Å². The van der Waals surface area contributed by atoms with Gasteiger partial charge in [0, 0.05) is 34.7 Å². The zero-order valence-corrected chi connectivity index (χ0v) is 39.1. The van der Waals surface area contributed by atoms with E-state index in [4.69, 9.17) is 4.74 Å². The van der Waals surface area contributed by atoms with Gasteiger partial charge in [-0.05, 0) is 86.8 Å². The second-order valence-corrected chi connectivity index (χ2v) is 18.1. The van der Waals surface area contributed by atoms with Crippen molar-refractivity contribution in [3.8, 4) is 0 Å². The van der Waals surface area contributed by atoms with Gasteiger partial charge in [0.25, 0.3) is 11.8 Å². The molecule has 2 aromatic carbocycles. The Balaban J connectivity index is 0.000000222. The number of rotatable bonds is 9. The molecule has 4 fully saturated rings. The predicted octanol–water partition coefficient (Wildman–Crippen LogP) is 4.71. The fourth-order valence-electron chi connectivity index (χ4n) is 9.38. The number of carbonyl (C=O) groups is 4. The molecule has 11 heteroatoms. The molecule has 0 aliphatic carbocycles. The number of benzene rings is 2. The van der Waals surface area contributed by atoms with Crippen LogP contribution in [0.25, 0.3) is 11.1 Å². The second-order valence-electron chi connectivity index (χ2n) is 18.1. The third-order valence-corrected chi connectivity index (χ3v) is 12.0. The van der Waals surface area contributed by atoms with E-state index in [-0.39, 0.29) is 59.4 Å². The van der Waals surface area contributed by atoms with Crippen LogP contribution in [0.4, 0.5) is 0 Å². The third-order valence-electron chi connectivity index (χ3n) is 12.0. The number of amides is 2. The molecule has 0 bridgehead atoms. The van der Waals surface area contributed by atoms with Gasteiger partial charge in [0.2, 0.25) is 0 Å². The predicted molar refractivity (Wildman–Crippen MR) is 233 cm³/mol. The van der Waals surface area contributed by atoms with Crippen molar-refractivity contribution >= 4 is 34.9 Å². The first-order valence-electron chi connectivity index (χ1n) is 20.8. The first-order chi connectivity index (χ1) is 29.0. The Morgan fingerprint density at radius 2 is 1.03 bits per heavy atom. The Hall–Kier alpha value is -5.42. The summed E-state index contributed by atoms with van der Waals surface area (Å²) in [6.07, 6.45) is 8.14. The minimum Gasteiger partial charge on any atom is -0.548 e. The van der Waals surface area contributed by atoms with Crippen molar-refractivity contribution in [3.05, 3.63) is 166 Å². The molecular formula is C51H53N4NaO6. The normalized spacial score (nSPS) is 22.9. The van der Waals surface area contributed by atoms with Gasteiger partial charge in [-0.3, -0.25) is 19.6 Å². The molecule has 2 unspecified atom stereocenters. The number of carboxylic acids is 1. The number of β-lactam (4-membered cyclic amide) rings is 2. The van der Waals surface area contributed by atoms with Crippen LogP contribution < -0.4 is 34.7 Å². The molecule has 2 amide bonds. The van der Waals surface area contributed by atoms with Crippen LogP contribution in [0.1, 0.15) is 96.9 Å². The average Bonchev–Trinajstić information content (AvgIpc) is 3.63. The number of ether oxygens (including phenoxy) is 1. The van der Waals surface area contributed by atoms with Crippen LogP contribution in [0, 0.1) is 10.8 Å². The van der Waals surface area contributed by atoms with Crippen LogP contribution >= 0.6 is 0 Å². The molecule has 4 aromatic rings. The quantitative estimate of drug-likeness (QED) is 0.103. The van der Waals surface area contributed by atoms with Crippen molar-refractivity contribution in [1.29, 1.82) is 0 Å². The van der Waals surface area contributed by atoms with Gasteiger partial charge in [-0.15, -0.1) is 0 Å². The van der Waals surface area contributed by atoms with E-state index < -0.39 is 35.0 Å². The summed E-state index contributed by atoms with van der Waals surface area (Å²) in [4.78, 5) is 63.9. The summed E-state index contributed by atoms with van der Waals surface area (Å²) in [6, 6.07) is 28.9. The largest absolute Gasteiger partial charge is 1.00 e. The summed E-state index contributed by atoms with van der Waals surface area (Å²) in [7, 11) is 0. The Kier molecular flexibility index (Phi) is 13.8. The summed E-state index contributed by atoms with van der Waals surface area (Å²) < 4.78 is 6.21. The SMILES string of the molecule is CC(C)=C/C(=C1\C(=O)N2C1CC(C)(C)[C@@H]2C(=O)OC(c1ccccc1)c1ccccc1)c1ccccn1.CC(C)=C/C(=C1\C(=O)N2C1CC(C)(C)[C@@H]2C(=O)[O-])c1ccccn1.[Na+]. The summed E-state index contributed by atoms with van der Waals surface area (Å²) in [6.45, 7) is 15.8. The number of nitrogens with zero attached hydrogens (tertiary/aromatic N) is 4. The van der Waals surface area contributed by atoms with E-state index in [1.54, 1.807) is 17.3 Å². The molecule has 4 aliphatic rings. The van der Waals surface area contributed by atoms with Gasteiger partial charge >= 0.3 is 35.5 Å². The minimum absolute atomic E-state index is 0. The molecule has 6 heterocycles. The van der Waals surface area contributed by atoms with Crippen molar-refractivity contribution in [2.75, 3.05) is 0 Å². The van der Waals surface area contributed by atoms with Gasteiger partial charge in [-0.25, -0.2) is 4.79 Å². The van der Waals surface area contributed by atoms with Gasteiger partial charge in [0.15, 0.2) is 6.10 Å². The molecule has 314 valence electrons. The Labute approximate surface area is 386 Å². The van der Waals surface area contributed by atoms with E-state index in [0.29, 0.717) is 18.4 Å². The molecule has 0 radical (unpaired) electrons. The summed E-state index contributed by atoms with van der Waals surface area (Å²) >= 11 is 0. The maximum absolute atomic E-state index is 13.8. The van der Waals surface area contributed by atoms with Gasteiger partial charge in [0.1, 0.15) is 6.04 Å². The summed E-state index contributed by atoms with van der Waals surface area (Å²) in [5.41, 5.74) is 7.48. The number of fused-ring (bicyclic) bond motifs is 2. The number of aliphatic carboxylic acids is 1. The van der Waals surface area contributed by atoms with Gasteiger partial charge in [-0.1, -0.05) is 124 Å². The Morgan fingerprint density at radius 3 is 1.40 bits per heavy atom. The molecule has 0 spiro atoms. The monoisotopic (exact) mass is 840 g/mol. The standard InChI is InChI=1S/C32H32N2O3.C19H22N2O3.Na/c1-21(2)19-24(25-17-11-12-18-33-25)27-26-20-32(3,4)29(34(26)30(27)35)31(36)37-28(22-13-7-5-8-14-22)23-15-9-6-10-16-23;1-11(2)9-12(13-7-5-6-8-20-13)15-14-10-19(3,4)16(18(23)24)21(14)17(15)22;/h5-19,26,28-29H,20H2,1-4H3;5-9,14,16H,10H2,1-4H3,(H,23,24);/q;;+1/p-1/b27-24+;15-12+;/t26?,29-;14?,16-;/m00./s1. The van der Waals surface area contributed by atoms with Gasteiger partial charge < -0.3 is 24.4 Å². The maximum atomic E-state index is 13.8. The minimum atomic E-state index is -1.18. The third kappa shape index (κ3) is 8.91. The van der Waals surface area contributed by atoms with E-state index in [1.165, 1.54) is 4.90 Å². The topological polar surface area (TPSA) is 133 Å². The molecule has 4 saturated heterocycles. The summed E-state index contributed by atoms with van der Waals surface area (Å²) in [5.74, 6) is -1.90. The van der Waals surface area contributed by atoms with E-state index in [1.807, 2.05) is 165 Å². The molecule has 0 N–H and O–H groups in total. The number of aromatic nitrogens is 2. The zero-order valence-electron chi connectivity index (χ0n) is 37.1. The average molecular weight is 841 g/mol. The number of esters is 1. The molecule has 2 aromatic heterocycles. The second kappa shape index (κ2) is 18.5. The molecular weight excluding hydrogens is 788 g/mol. The van der Waals surface area contributed by atoms with Gasteiger partial charge in [0.05, 0.1) is 35.5 Å². The van der Waals surface area contributed by atoms with Gasteiger partial charge in [-0.2, -0.15) is 0 Å². The van der Waals surface area contributed by atoms with Crippen molar-refractivity contribution in [2.24, 2.45) is 10.8 Å². The van der Waals surface area contributed by atoms with Crippen molar-refractivity contribution in [3.63, 3.8) is 0 Å². The molecule has 62 heavy (non-hydrogen) atoms. The van der Waals surface area contributed by atoms with E-state index in [9.17, 15) is 24.3 Å². The van der Waals surface area contributed by atoms with E-state index in [0.717, 1.165) is 50.4 Å². The smallest absolute Gasteiger partial charge is 0.548 e. The number of hydrogen-bond donors (Lipinski definition) is 0. The maximum Gasteiger partial charge on any atom is 1.00 e. The van der Waals surface area contributed by atoms with Crippen LogP contribution in [0.5, 0.6) is 0 Å². The Morgan fingerprint density at radius 1 is 0.645 bits per heavy atom. The van der Waals surface area contributed by atoms with Crippen LogP contribution in [0.15, 0.2) is 144 Å². The molecule has 0 saturated carbocycles. The van der Waals surface area contributed by atoms with E-state index in [2.05, 4.69) is 9.97 Å². The number of carboxylic acid groups (broad SMARTS) is 1. The van der Waals surface area contributed by atoms with E-state index >= 15 is 0 Å². The number of carbonyl (C=O) groups excluding carboxylic acids is 4. The van der Waals surface area contributed by atoms with Crippen molar-refractivity contribution in [2.45, 2.75) is 98.5 Å². The molecule has 10 nitrogen and oxygen atoms in total.